The zero-order valence-electron chi connectivity index (χ0n) is 12.1. The quantitative estimate of drug-likeness (QED) is 0.901. The van der Waals surface area contributed by atoms with Crippen LogP contribution in [0.5, 0.6) is 5.75 Å². The van der Waals surface area contributed by atoms with Crippen LogP contribution in [0.25, 0.3) is 0 Å². The summed E-state index contributed by atoms with van der Waals surface area (Å²) >= 11 is 0. The number of amides is 1. The summed E-state index contributed by atoms with van der Waals surface area (Å²) in [6.45, 7) is 5.37. The second-order valence-electron chi connectivity index (χ2n) is 4.68. The number of H-pyrrole nitrogens is 1. The van der Waals surface area contributed by atoms with Crippen LogP contribution in [0.1, 0.15) is 23.7 Å². The molecule has 1 unspecified atom stereocenters. The molecule has 108 valence electrons. The minimum Gasteiger partial charge on any atom is -0.480 e. The van der Waals surface area contributed by atoms with Gasteiger partial charge in [0.15, 0.2) is 11.9 Å². The van der Waals surface area contributed by atoms with Crippen molar-refractivity contribution in [1.29, 1.82) is 5.26 Å². The molecular weight excluding hydrogens is 268 g/mol. The number of nitrogens with one attached hydrogen (secondary N) is 2. The average Bonchev–Trinajstić information content (AvgIpc) is 2.79. The molecule has 1 aromatic carbocycles. The van der Waals surface area contributed by atoms with Crippen LogP contribution in [0.4, 0.5) is 5.82 Å². The molecule has 1 aromatic heterocycles. The molecule has 0 aliphatic heterocycles. The molecule has 1 atom stereocenters. The lowest BCUT2D eigenvalue weighted by molar-refractivity contribution is -0.122. The van der Waals surface area contributed by atoms with Crippen molar-refractivity contribution in [3.63, 3.8) is 0 Å². The number of nitrogens with zero attached hydrogens (tertiary/aromatic N) is 2. The lowest BCUT2D eigenvalue weighted by Crippen LogP contribution is -2.30. The van der Waals surface area contributed by atoms with E-state index in [2.05, 4.69) is 15.5 Å². The van der Waals surface area contributed by atoms with Crippen LogP contribution in [-0.4, -0.2) is 22.2 Å². The smallest absolute Gasteiger partial charge is 0.266 e. The third-order valence-electron chi connectivity index (χ3n) is 3.18. The number of nitriles is 1. The number of para-hydroxylation sites is 1. The fourth-order valence-corrected chi connectivity index (χ4v) is 1.73. The number of carbonyl (C=O) groups is 1. The van der Waals surface area contributed by atoms with Crippen molar-refractivity contribution in [3.8, 4) is 11.8 Å². The summed E-state index contributed by atoms with van der Waals surface area (Å²) in [6.07, 6.45) is -0.740. The van der Waals surface area contributed by atoms with Gasteiger partial charge in [0.1, 0.15) is 11.8 Å². The normalized spacial score (nSPS) is 11.5. The number of rotatable bonds is 4. The van der Waals surface area contributed by atoms with Crippen molar-refractivity contribution in [2.45, 2.75) is 26.9 Å². The topological polar surface area (TPSA) is 90.8 Å². The number of aromatic nitrogens is 2. The highest BCUT2D eigenvalue weighted by Gasteiger charge is 2.18. The number of hydrogen-bond donors (Lipinski definition) is 2. The first kappa shape index (κ1) is 14.6. The molecule has 6 heteroatoms. The van der Waals surface area contributed by atoms with Gasteiger partial charge in [-0.25, -0.2) is 0 Å². The number of aryl methyl sites for hydroxylation is 1. The largest absolute Gasteiger partial charge is 0.480 e. The zero-order valence-corrected chi connectivity index (χ0v) is 12.1. The summed E-state index contributed by atoms with van der Waals surface area (Å²) in [7, 11) is 0. The average molecular weight is 284 g/mol. The van der Waals surface area contributed by atoms with Crippen molar-refractivity contribution >= 4 is 11.7 Å². The Labute approximate surface area is 122 Å². The van der Waals surface area contributed by atoms with Gasteiger partial charge in [-0.1, -0.05) is 12.1 Å². The lowest BCUT2D eigenvalue weighted by atomic mass is 10.2. The molecule has 0 aliphatic carbocycles. The molecule has 0 aliphatic rings. The zero-order chi connectivity index (χ0) is 15.4. The number of anilines is 1. The fraction of sp³-hybridized carbons (Fsp3) is 0.267. The Morgan fingerprint density at radius 3 is 2.76 bits per heavy atom. The fourth-order valence-electron chi connectivity index (χ4n) is 1.73. The van der Waals surface area contributed by atoms with Crippen molar-refractivity contribution in [2.24, 2.45) is 0 Å². The predicted molar refractivity (Wildman–Crippen MR) is 77.9 cm³/mol. The Bertz CT molecular complexity index is 700. The Kier molecular flexibility index (Phi) is 4.24. The van der Waals surface area contributed by atoms with Crippen LogP contribution in [0.2, 0.25) is 0 Å². The first-order valence-electron chi connectivity index (χ1n) is 6.51. The highest BCUT2D eigenvalue weighted by molar-refractivity contribution is 5.94. The molecule has 0 spiro atoms. The summed E-state index contributed by atoms with van der Waals surface area (Å²) in [5.41, 5.74) is 2.17. The van der Waals surface area contributed by atoms with E-state index in [1.807, 2.05) is 19.9 Å². The minimum atomic E-state index is -0.740. The Balaban J connectivity index is 2.06. The standard InChI is InChI=1S/C15H16N4O2/c1-9-10(2)18-19-14(9)17-15(20)11(3)21-13-7-5-4-6-12(13)8-16/h4-7,11H,1-3H3,(H2,17,18,19,20). The number of ether oxygens (including phenoxy) is 1. The van der Waals surface area contributed by atoms with Crippen LogP contribution in [0.3, 0.4) is 0 Å². The van der Waals surface area contributed by atoms with Gasteiger partial charge in [-0.15, -0.1) is 0 Å². The highest BCUT2D eigenvalue weighted by atomic mass is 16.5. The van der Waals surface area contributed by atoms with Gasteiger partial charge in [-0.3, -0.25) is 9.89 Å². The summed E-state index contributed by atoms with van der Waals surface area (Å²) in [5, 5.41) is 18.5. The van der Waals surface area contributed by atoms with E-state index in [1.165, 1.54) is 0 Å². The lowest BCUT2D eigenvalue weighted by Gasteiger charge is -2.14. The Hall–Kier alpha value is -2.81. The first-order valence-corrected chi connectivity index (χ1v) is 6.51. The maximum absolute atomic E-state index is 12.1. The minimum absolute atomic E-state index is 0.322. The van der Waals surface area contributed by atoms with Gasteiger partial charge in [0.2, 0.25) is 0 Å². The van der Waals surface area contributed by atoms with Gasteiger partial charge in [0.25, 0.3) is 5.91 Å². The molecule has 2 aromatic rings. The van der Waals surface area contributed by atoms with E-state index in [-0.39, 0.29) is 5.91 Å². The van der Waals surface area contributed by atoms with Crippen LogP contribution < -0.4 is 10.1 Å². The summed E-state index contributed by atoms with van der Waals surface area (Å²) in [5.74, 6) is 0.552. The molecule has 1 heterocycles. The van der Waals surface area contributed by atoms with Gasteiger partial charge in [0, 0.05) is 11.3 Å². The molecule has 0 radical (unpaired) electrons. The van der Waals surface area contributed by atoms with Crippen molar-refractivity contribution in [2.75, 3.05) is 5.32 Å². The summed E-state index contributed by atoms with van der Waals surface area (Å²) in [4.78, 5) is 12.1. The number of hydrogen-bond acceptors (Lipinski definition) is 4. The number of benzene rings is 1. The molecule has 0 saturated heterocycles. The summed E-state index contributed by atoms with van der Waals surface area (Å²) in [6, 6.07) is 8.82. The van der Waals surface area contributed by atoms with E-state index < -0.39 is 6.10 Å². The first-order chi connectivity index (χ1) is 10.0. The Morgan fingerprint density at radius 2 is 2.14 bits per heavy atom. The molecule has 6 nitrogen and oxygen atoms in total. The van der Waals surface area contributed by atoms with E-state index in [4.69, 9.17) is 10.00 Å². The third-order valence-corrected chi connectivity index (χ3v) is 3.18. The monoisotopic (exact) mass is 284 g/mol. The van der Waals surface area contributed by atoms with E-state index in [0.717, 1.165) is 11.3 Å². The second-order valence-corrected chi connectivity index (χ2v) is 4.68. The van der Waals surface area contributed by atoms with E-state index in [9.17, 15) is 4.79 Å². The molecule has 0 fully saturated rings. The van der Waals surface area contributed by atoms with Crippen molar-refractivity contribution in [1.82, 2.24) is 10.2 Å². The molecule has 0 bridgehead atoms. The van der Waals surface area contributed by atoms with Crippen LogP contribution >= 0.6 is 0 Å². The second kappa shape index (κ2) is 6.09. The van der Waals surface area contributed by atoms with Gasteiger partial charge in [-0.2, -0.15) is 10.4 Å². The van der Waals surface area contributed by atoms with Crippen LogP contribution in [0.15, 0.2) is 24.3 Å². The molecular formula is C15H16N4O2. The van der Waals surface area contributed by atoms with Crippen molar-refractivity contribution in [3.05, 3.63) is 41.1 Å². The van der Waals surface area contributed by atoms with E-state index in [0.29, 0.717) is 17.1 Å². The molecule has 2 N–H and O–H groups in total. The van der Waals surface area contributed by atoms with Crippen molar-refractivity contribution < 1.29 is 9.53 Å². The van der Waals surface area contributed by atoms with Gasteiger partial charge in [-0.05, 0) is 32.9 Å². The molecule has 21 heavy (non-hydrogen) atoms. The van der Waals surface area contributed by atoms with E-state index >= 15 is 0 Å². The van der Waals surface area contributed by atoms with Gasteiger partial charge in [0.05, 0.1) is 5.56 Å². The molecule has 2 rings (SSSR count). The van der Waals surface area contributed by atoms with Crippen LogP contribution in [-0.2, 0) is 4.79 Å². The predicted octanol–water partition coefficient (Wildman–Crippen LogP) is 2.30. The summed E-state index contributed by atoms with van der Waals surface area (Å²) < 4.78 is 5.54. The number of aromatic amines is 1. The number of carbonyl (C=O) groups excluding carboxylic acids is 1. The third kappa shape index (κ3) is 3.20. The Morgan fingerprint density at radius 1 is 1.43 bits per heavy atom. The molecule has 1 amide bonds. The van der Waals surface area contributed by atoms with Gasteiger partial charge >= 0.3 is 0 Å². The van der Waals surface area contributed by atoms with Gasteiger partial charge < -0.3 is 10.1 Å². The van der Waals surface area contributed by atoms with Crippen LogP contribution in [0, 0.1) is 25.2 Å². The maximum Gasteiger partial charge on any atom is 0.266 e. The highest BCUT2D eigenvalue weighted by Crippen LogP contribution is 2.19. The SMILES string of the molecule is Cc1[nH]nc(NC(=O)C(C)Oc2ccccc2C#N)c1C. The maximum atomic E-state index is 12.1. The van der Waals surface area contributed by atoms with E-state index in [1.54, 1.807) is 31.2 Å². The molecule has 0 saturated carbocycles.